The molecule has 0 saturated heterocycles. The Morgan fingerprint density at radius 1 is 1.00 bits per heavy atom. The molecule has 0 aliphatic heterocycles. The Bertz CT molecular complexity index is 1740. The van der Waals surface area contributed by atoms with Crippen LogP contribution in [-0.4, -0.2) is 72.5 Å². The average molecular weight is 655 g/mol. The molecule has 0 saturated carbocycles. The summed E-state index contributed by atoms with van der Waals surface area (Å²) in [6.45, 7) is 0. The first-order chi connectivity index (χ1) is 19.7. The summed E-state index contributed by atoms with van der Waals surface area (Å²) in [6, 6.07) is 4.76. The normalized spacial score (nSPS) is 11.4. The Balaban J connectivity index is 0.000000312. The maximum atomic E-state index is 13.3. The molecule has 226 valence electrons. The number of hydrogen-bond acceptors (Lipinski definition) is 11. The number of nitrogens with zero attached hydrogens (tertiary/aromatic N) is 5. The molecule has 0 spiro atoms. The van der Waals surface area contributed by atoms with Crippen molar-refractivity contribution < 1.29 is 50.4 Å². The number of pyridine rings is 1. The van der Waals surface area contributed by atoms with Gasteiger partial charge in [-0.2, -0.15) is 27.7 Å². The van der Waals surface area contributed by atoms with Crippen molar-refractivity contribution in [2.24, 2.45) is 0 Å². The average Bonchev–Trinajstić information content (AvgIpc) is 3.34. The molecule has 0 fully saturated rings. The second-order valence-electron chi connectivity index (χ2n) is 7.53. The van der Waals surface area contributed by atoms with Gasteiger partial charge in [0.2, 0.25) is 17.6 Å². The number of aromatic nitrogens is 5. The van der Waals surface area contributed by atoms with Gasteiger partial charge < -0.3 is 24.1 Å². The number of sulfonamides is 1. The lowest BCUT2D eigenvalue weighted by Gasteiger charge is -2.15. The lowest BCUT2D eigenvalue weighted by atomic mass is 10.2. The highest BCUT2D eigenvalue weighted by molar-refractivity contribution is 7.92. The number of carbonyl (C=O) groups is 1. The highest BCUT2D eigenvalue weighted by atomic mass is 35.5. The van der Waals surface area contributed by atoms with E-state index in [9.17, 15) is 26.4 Å². The zero-order valence-electron chi connectivity index (χ0n) is 21.7. The van der Waals surface area contributed by atoms with E-state index in [1.54, 1.807) is 0 Å². The molecule has 14 nitrogen and oxygen atoms in total. The van der Waals surface area contributed by atoms with Crippen LogP contribution in [0.15, 0.2) is 35.4 Å². The molecule has 0 aliphatic carbocycles. The van der Waals surface area contributed by atoms with E-state index in [-0.39, 0.29) is 38.9 Å². The third kappa shape index (κ3) is 6.77. The van der Waals surface area contributed by atoms with Gasteiger partial charge in [-0.3, -0.25) is 0 Å². The van der Waals surface area contributed by atoms with E-state index in [1.165, 1.54) is 39.5 Å². The molecule has 20 heteroatoms. The molecule has 3 heterocycles. The fraction of sp³-hybridized carbons (Fsp3) is 0.227. The molecule has 4 rings (SSSR count). The third-order valence-corrected chi connectivity index (χ3v) is 7.01. The van der Waals surface area contributed by atoms with E-state index >= 15 is 0 Å². The summed E-state index contributed by atoms with van der Waals surface area (Å²) in [5.41, 5.74) is -1.57. The number of aromatic carboxylic acids is 1. The number of benzene rings is 1. The van der Waals surface area contributed by atoms with Gasteiger partial charge in [0.25, 0.3) is 21.7 Å². The van der Waals surface area contributed by atoms with Gasteiger partial charge in [-0.1, -0.05) is 23.2 Å². The van der Waals surface area contributed by atoms with Crippen LogP contribution in [0.2, 0.25) is 10.0 Å². The van der Waals surface area contributed by atoms with E-state index < -0.39 is 44.5 Å². The molecule has 0 radical (unpaired) electrons. The SMILES string of the molecule is COc1c(Cl)ccc(Cl)c1C(=O)O.COc1cc(OC)n2nc(NS(=O)(=O)c3c(C(F)(F)F)ccnc3OC)nc2n1. The van der Waals surface area contributed by atoms with E-state index in [4.69, 9.17) is 47.3 Å². The van der Waals surface area contributed by atoms with E-state index in [1.807, 2.05) is 4.72 Å². The van der Waals surface area contributed by atoms with Gasteiger partial charge in [-0.05, 0) is 18.2 Å². The topological polar surface area (TPSA) is 176 Å². The summed E-state index contributed by atoms with van der Waals surface area (Å²) in [5, 5.41) is 13.0. The summed E-state index contributed by atoms with van der Waals surface area (Å²) in [5.74, 6) is -2.29. The van der Waals surface area contributed by atoms with Crippen LogP contribution in [0.4, 0.5) is 19.1 Å². The van der Waals surface area contributed by atoms with Crippen LogP contribution in [0.1, 0.15) is 15.9 Å². The fourth-order valence-corrected chi connectivity index (χ4v) is 5.01. The number of alkyl halides is 3. The molecule has 2 N–H and O–H groups in total. The van der Waals surface area contributed by atoms with Crippen LogP contribution in [0.25, 0.3) is 5.78 Å². The summed E-state index contributed by atoms with van der Waals surface area (Å²) in [7, 11) is 0.135. The molecule has 4 aromatic rings. The summed E-state index contributed by atoms with van der Waals surface area (Å²) in [4.78, 5) is 20.9. The van der Waals surface area contributed by atoms with Gasteiger partial charge in [0.15, 0.2) is 10.6 Å². The van der Waals surface area contributed by atoms with Crippen molar-refractivity contribution >= 4 is 50.9 Å². The van der Waals surface area contributed by atoms with Gasteiger partial charge in [0, 0.05) is 6.20 Å². The summed E-state index contributed by atoms with van der Waals surface area (Å²) < 4.78 is 87.9. The highest BCUT2D eigenvalue weighted by Gasteiger charge is 2.40. The van der Waals surface area contributed by atoms with Crippen molar-refractivity contribution in [2.75, 3.05) is 33.2 Å². The van der Waals surface area contributed by atoms with Crippen molar-refractivity contribution in [3.05, 3.63) is 51.6 Å². The van der Waals surface area contributed by atoms with Crippen LogP contribution in [0.3, 0.4) is 0 Å². The number of nitrogens with one attached hydrogen (secondary N) is 1. The van der Waals surface area contributed by atoms with Crippen molar-refractivity contribution in [1.82, 2.24) is 24.6 Å². The lowest BCUT2D eigenvalue weighted by Crippen LogP contribution is -2.21. The molecule has 0 atom stereocenters. The van der Waals surface area contributed by atoms with E-state index in [2.05, 4.69) is 20.1 Å². The van der Waals surface area contributed by atoms with Crippen LogP contribution < -0.4 is 23.7 Å². The second-order valence-corrected chi connectivity index (χ2v) is 9.96. The number of methoxy groups -OCH3 is 4. The molecule has 0 aliphatic rings. The predicted octanol–water partition coefficient (Wildman–Crippen LogP) is 4.06. The molecular formula is C22H19Cl2F3N6O8S. The molecule has 3 aromatic heterocycles. The largest absolute Gasteiger partial charge is 0.494 e. The molecular weight excluding hydrogens is 636 g/mol. The number of rotatable bonds is 8. The van der Waals surface area contributed by atoms with Crippen LogP contribution in [0.5, 0.6) is 23.4 Å². The van der Waals surface area contributed by atoms with E-state index in [0.717, 1.165) is 17.8 Å². The maximum Gasteiger partial charge on any atom is 0.418 e. The Morgan fingerprint density at radius 2 is 1.67 bits per heavy atom. The van der Waals surface area contributed by atoms with Gasteiger partial charge in [0.05, 0.1) is 50.1 Å². The van der Waals surface area contributed by atoms with Gasteiger partial charge >= 0.3 is 12.1 Å². The quantitative estimate of drug-likeness (QED) is 0.279. The minimum Gasteiger partial charge on any atom is -0.494 e. The smallest absolute Gasteiger partial charge is 0.418 e. The summed E-state index contributed by atoms with van der Waals surface area (Å²) >= 11 is 11.4. The minimum absolute atomic E-state index is 0.0849. The molecule has 1 aromatic carbocycles. The van der Waals surface area contributed by atoms with E-state index in [0.29, 0.717) is 6.07 Å². The van der Waals surface area contributed by atoms with Crippen LogP contribution in [0, 0.1) is 0 Å². The number of halogens is 5. The van der Waals surface area contributed by atoms with Gasteiger partial charge in [0.1, 0.15) is 5.56 Å². The first-order valence-corrected chi connectivity index (χ1v) is 13.2. The van der Waals surface area contributed by atoms with Crippen molar-refractivity contribution in [3.63, 3.8) is 0 Å². The number of hydrogen-bond donors (Lipinski definition) is 2. The zero-order chi connectivity index (χ0) is 31.4. The number of fused-ring (bicyclic) bond motifs is 1. The second kappa shape index (κ2) is 12.7. The predicted molar refractivity (Wildman–Crippen MR) is 140 cm³/mol. The summed E-state index contributed by atoms with van der Waals surface area (Å²) in [6.07, 6.45) is -4.20. The molecule has 42 heavy (non-hydrogen) atoms. The number of carboxylic acid groups (broad SMARTS) is 1. The Morgan fingerprint density at radius 3 is 2.19 bits per heavy atom. The van der Waals surface area contributed by atoms with Crippen molar-refractivity contribution in [1.29, 1.82) is 0 Å². The molecule has 0 unspecified atom stereocenters. The molecule has 0 amide bonds. The Kier molecular flexibility index (Phi) is 9.75. The zero-order valence-corrected chi connectivity index (χ0v) is 24.1. The highest BCUT2D eigenvalue weighted by Crippen LogP contribution is 2.38. The Labute approximate surface area is 245 Å². The maximum absolute atomic E-state index is 13.3. The number of ether oxygens (including phenoxy) is 4. The van der Waals surface area contributed by atoms with Crippen LogP contribution >= 0.6 is 23.2 Å². The van der Waals surface area contributed by atoms with Gasteiger partial charge in [-0.25, -0.2) is 22.9 Å². The van der Waals surface area contributed by atoms with Crippen molar-refractivity contribution in [2.45, 2.75) is 11.1 Å². The van der Waals surface area contributed by atoms with Gasteiger partial charge in [-0.15, -0.1) is 5.10 Å². The lowest BCUT2D eigenvalue weighted by molar-refractivity contribution is -0.140. The molecule has 0 bridgehead atoms. The fourth-order valence-electron chi connectivity index (χ4n) is 3.28. The van der Waals surface area contributed by atoms with Crippen molar-refractivity contribution in [3.8, 4) is 23.4 Å². The minimum atomic E-state index is -4.98. The first-order valence-electron chi connectivity index (χ1n) is 10.9. The first kappa shape index (κ1) is 32.2. The third-order valence-electron chi connectivity index (χ3n) is 5.02. The monoisotopic (exact) mass is 654 g/mol. The number of carboxylic acids is 1. The van der Waals surface area contributed by atoms with Crippen LogP contribution in [-0.2, 0) is 16.2 Å². The number of anilines is 1. The Hall–Kier alpha value is -4.29. The standard InChI is InChI=1S/C14H13F3N6O5S.C8H6Cl2O3/c1-26-8-6-9(27-2)23-13(19-8)20-12(21-23)22-29(24,25)10-7(14(15,16)17)4-5-18-11(10)28-3;1-13-7-5(10)3-2-4(9)6(7)8(11)12/h4-6H,1-3H3,(H,21,22);2-3H,1H3,(H,11,12).